The van der Waals surface area contributed by atoms with E-state index in [-0.39, 0.29) is 6.61 Å². The quantitative estimate of drug-likeness (QED) is 0.808. The molecule has 0 aliphatic rings. The highest BCUT2D eigenvalue weighted by molar-refractivity contribution is 5.81. The average molecular weight is 306 g/mol. The fraction of sp³-hybridized carbons (Fsp3) is 0.385. The molecule has 1 aromatic carbocycles. The van der Waals surface area contributed by atoms with Crippen LogP contribution in [0.25, 0.3) is 0 Å². The summed E-state index contributed by atoms with van der Waals surface area (Å²) in [6.45, 7) is -1.88. The van der Waals surface area contributed by atoms with E-state index in [0.29, 0.717) is 5.56 Å². The van der Waals surface area contributed by atoms with Gasteiger partial charge in [-0.1, -0.05) is 30.3 Å². The fourth-order valence-corrected chi connectivity index (χ4v) is 1.29. The van der Waals surface area contributed by atoms with Crippen molar-refractivity contribution in [1.82, 2.24) is 0 Å². The lowest BCUT2D eigenvalue weighted by atomic mass is 10.2. The van der Waals surface area contributed by atoms with Crippen LogP contribution in [0.15, 0.2) is 30.3 Å². The number of alkyl halides is 3. The topological polar surface area (TPSA) is 72.8 Å². The minimum Gasteiger partial charge on any atom is -0.459 e. The number of hydrogen-bond donors (Lipinski definition) is 1. The molecule has 1 N–H and O–H groups in total. The lowest BCUT2D eigenvalue weighted by Gasteiger charge is -2.11. The molecule has 0 radical (unpaired) electrons. The third-order valence-electron chi connectivity index (χ3n) is 2.25. The van der Waals surface area contributed by atoms with Crippen LogP contribution in [0.1, 0.15) is 12.0 Å². The number of rotatable bonds is 6. The van der Waals surface area contributed by atoms with Gasteiger partial charge in [0, 0.05) is 0 Å². The van der Waals surface area contributed by atoms with Crippen molar-refractivity contribution >= 4 is 11.9 Å². The van der Waals surface area contributed by atoms with E-state index in [4.69, 9.17) is 4.74 Å². The van der Waals surface area contributed by atoms with E-state index in [1.54, 1.807) is 30.3 Å². The second-order valence-corrected chi connectivity index (χ2v) is 4.09. The van der Waals surface area contributed by atoms with Gasteiger partial charge in [-0.05, 0) is 5.56 Å². The number of aliphatic hydroxyl groups excluding tert-OH is 1. The number of hydrogen-bond acceptors (Lipinski definition) is 5. The molecule has 116 valence electrons. The molecular weight excluding hydrogens is 293 g/mol. The molecule has 0 bridgehead atoms. The van der Waals surface area contributed by atoms with Gasteiger partial charge in [0.15, 0.2) is 12.7 Å². The molecule has 0 amide bonds. The van der Waals surface area contributed by atoms with Crippen LogP contribution in [0.2, 0.25) is 0 Å². The van der Waals surface area contributed by atoms with Crippen molar-refractivity contribution in [3.05, 3.63) is 35.9 Å². The molecule has 0 aromatic heterocycles. The molecule has 1 unspecified atom stereocenters. The molecule has 0 heterocycles. The second-order valence-electron chi connectivity index (χ2n) is 4.09. The zero-order valence-electron chi connectivity index (χ0n) is 10.8. The summed E-state index contributed by atoms with van der Waals surface area (Å²) in [6, 6.07) is 8.55. The molecule has 0 saturated heterocycles. The third-order valence-corrected chi connectivity index (χ3v) is 2.25. The number of carbonyl (C=O) groups excluding carboxylic acids is 2. The van der Waals surface area contributed by atoms with E-state index in [1.807, 2.05) is 0 Å². The Morgan fingerprint density at radius 2 is 1.76 bits per heavy atom. The van der Waals surface area contributed by atoms with Gasteiger partial charge in [0.05, 0.1) is 6.42 Å². The molecule has 0 aliphatic carbocycles. The van der Waals surface area contributed by atoms with Crippen molar-refractivity contribution in [3.63, 3.8) is 0 Å². The summed E-state index contributed by atoms with van der Waals surface area (Å²) in [5, 5.41) is 9.34. The monoisotopic (exact) mass is 306 g/mol. The Kier molecular flexibility index (Phi) is 6.16. The number of halogens is 3. The lowest BCUT2D eigenvalue weighted by molar-refractivity contribution is -0.188. The van der Waals surface area contributed by atoms with Gasteiger partial charge in [-0.15, -0.1) is 0 Å². The van der Waals surface area contributed by atoms with Crippen LogP contribution in [-0.2, 0) is 25.7 Å². The highest BCUT2D eigenvalue weighted by atomic mass is 19.4. The van der Waals surface area contributed by atoms with Crippen LogP contribution in [0.4, 0.5) is 13.2 Å². The Morgan fingerprint density at radius 1 is 1.14 bits per heavy atom. The van der Waals surface area contributed by atoms with Gasteiger partial charge in [-0.3, -0.25) is 4.79 Å². The Labute approximate surface area is 118 Å². The molecule has 1 rings (SSSR count). The first kappa shape index (κ1) is 17.0. The maximum Gasteiger partial charge on any atom is 0.422 e. The Morgan fingerprint density at radius 3 is 2.33 bits per heavy atom. The van der Waals surface area contributed by atoms with Crippen LogP contribution in [0.5, 0.6) is 0 Å². The predicted octanol–water partition coefficient (Wildman–Crippen LogP) is 1.59. The summed E-state index contributed by atoms with van der Waals surface area (Å²) < 4.78 is 43.9. The zero-order valence-corrected chi connectivity index (χ0v) is 10.8. The smallest absolute Gasteiger partial charge is 0.422 e. The predicted molar refractivity (Wildman–Crippen MR) is 63.9 cm³/mol. The van der Waals surface area contributed by atoms with E-state index in [1.165, 1.54) is 0 Å². The first-order valence-corrected chi connectivity index (χ1v) is 5.89. The van der Waals surface area contributed by atoms with Gasteiger partial charge >= 0.3 is 18.1 Å². The Bertz CT molecular complexity index is 472. The average Bonchev–Trinajstić information content (AvgIpc) is 2.43. The first-order valence-electron chi connectivity index (χ1n) is 5.89. The van der Waals surface area contributed by atoms with E-state index in [9.17, 15) is 27.9 Å². The molecule has 0 aliphatic heterocycles. The molecule has 5 nitrogen and oxygen atoms in total. The normalized spacial score (nSPS) is 12.6. The fourth-order valence-electron chi connectivity index (χ4n) is 1.29. The van der Waals surface area contributed by atoms with Crippen LogP contribution >= 0.6 is 0 Å². The third kappa shape index (κ3) is 7.31. The van der Waals surface area contributed by atoms with Crippen molar-refractivity contribution < 1.29 is 37.3 Å². The molecule has 21 heavy (non-hydrogen) atoms. The van der Waals surface area contributed by atoms with E-state index >= 15 is 0 Å². The maximum atomic E-state index is 11.8. The molecule has 0 spiro atoms. The van der Waals surface area contributed by atoms with Gasteiger partial charge in [0.2, 0.25) is 0 Å². The number of carbonyl (C=O) groups is 2. The first-order chi connectivity index (χ1) is 9.78. The highest BCUT2D eigenvalue weighted by Crippen LogP contribution is 2.15. The largest absolute Gasteiger partial charge is 0.459 e. The van der Waals surface area contributed by atoms with Crippen LogP contribution in [0, 0.1) is 0 Å². The van der Waals surface area contributed by atoms with Gasteiger partial charge in [-0.2, -0.15) is 13.2 Å². The SMILES string of the molecule is O=C(CC(O)C(=O)OCc1ccccc1)OCC(F)(F)F. The molecule has 0 fully saturated rings. The van der Waals surface area contributed by atoms with Crippen molar-refractivity contribution in [2.24, 2.45) is 0 Å². The lowest BCUT2D eigenvalue weighted by Crippen LogP contribution is -2.28. The van der Waals surface area contributed by atoms with Crippen LogP contribution in [0.3, 0.4) is 0 Å². The molecular formula is C13H13F3O5. The van der Waals surface area contributed by atoms with Crippen LogP contribution in [-0.4, -0.2) is 35.9 Å². The standard InChI is InChI=1S/C13H13F3O5/c14-13(15,16)8-21-11(18)6-10(17)12(19)20-7-9-4-2-1-3-5-9/h1-5,10,17H,6-8H2. The van der Waals surface area contributed by atoms with Crippen molar-refractivity contribution in [2.45, 2.75) is 25.3 Å². The summed E-state index contributed by atoms with van der Waals surface area (Å²) in [5.74, 6) is -2.45. The molecule has 1 atom stereocenters. The van der Waals surface area contributed by atoms with Gasteiger partial charge in [0.1, 0.15) is 6.61 Å². The van der Waals surface area contributed by atoms with Crippen LogP contribution < -0.4 is 0 Å². The highest BCUT2D eigenvalue weighted by Gasteiger charge is 2.30. The minimum atomic E-state index is -4.66. The van der Waals surface area contributed by atoms with Gasteiger partial charge in [0.25, 0.3) is 0 Å². The maximum absolute atomic E-state index is 11.8. The van der Waals surface area contributed by atoms with Crippen molar-refractivity contribution in [1.29, 1.82) is 0 Å². The minimum absolute atomic E-state index is 0.117. The van der Waals surface area contributed by atoms with Gasteiger partial charge in [-0.25, -0.2) is 4.79 Å². The molecule has 1 aromatic rings. The number of esters is 2. The van der Waals surface area contributed by atoms with E-state index in [2.05, 4.69) is 4.74 Å². The Balaban J connectivity index is 2.32. The second kappa shape index (κ2) is 7.63. The summed E-state index contributed by atoms with van der Waals surface area (Å²) in [7, 11) is 0. The Hall–Kier alpha value is -2.09. The van der Waals surface area contributed by atoms with Crippen molar-refractivity contribution in [2.75, 3.05) is 6.61 Å². The van der Waals surface area contributed by atoms with E-state index < -0.39 is 37.2 Å². The van der Waals surface area contributed by atoms with Gasteiger partial charge < -0.3 is 14.6 Å². The van der Waals surface area contributed by atoms with Crippen molar-refractivity contribution in [3.8, 4) is 0 Å². The van der Waals surface area contributed by atoms with E-state index in [0.717, 1.165) is 0 Å². The number of benzene rings is 1. The summed E-state index contributed by atoms with van der Waals surface area (Å²) in [6.07, 6.45) is -7.42. The number of aliphatic hydroxyl groups is 1. The zero-order chi connectivity index (χ0) is 15.9. The summed E-state index contributed by atoms with van der Waals surface area (Å²) in [5.41, 5.74) is 0.665. The summed E-state index contributed by atoms with van der Waals surface area (Å²) in [4.78, 5) is 22.3. The molecule has 0 saturated carbocycles. The summed E-state index contributed by atoms with van der Waals surface area (Å²) >= 11 is 0. The number of ether oxygens (including phenoxy) is 2. The molecule has 8 heteroatoms.